The molecule has 0 saturated carbocycles. The zero-order chi connectivity index (χ0) is 20.0. The third-order valence-corrected chi connectivity index (χ3v) is 4.48. The second kappa shape index (κ2) is 14.8. The second-order valence-corrected chi connectivity index (χ2v) is 6.21. The first-order valence-corrected chi connectivity index (χ1v) is 10.1. The molecule has 0 aromatic heterocycles. The van der Waals surface area contributed by atoms with Crippen molar-refractivity contribution in [1.29, 1.82) is 0 Å². The van der Waals surface area contributed by atoms with Gasteiger partial charge in [0, 0.05) is 0 Å². The van der Waals surface area contributed by atoms with Crippen LogP contribution in [0, 0.1) is 6.92 Å². The molecular formula is C27H26SiZr. The number of benzene rings is 3. The first kappa shape index (κ1) is 24.9. The second-order valence-electron chi connectivity index (χ2n) is 5.85. The fourth-order valence-electron chi connectivity index (χ4n) is 2.70. The van der Waals surface area contributed by atoms with Crippen LogP contribution in [0.25, 0.3) is 21.5 Å². The molecule has 5 aromatic carbocycles. The number of fused-ring (bicyclic) bond motifs is 2. The summed E-state index contributed by atoms with van der Waals surface area (Å²) in [5.41, 5.74) is 4.23. The van der Waals surface area contributed by atoms with E-state index in [2.05, 4.69) is 97.5 Å². The Balaban J connectivity index is 0.000000206. The largest absolute Gasteiger partial charge is 4.00 e. The Labute approximate surface area is 197 Å². The minimum absolute atomic E-state index is 0. The van der Waals surface area contributed by atoms with Crippen molar-refractivity contribution in [1.82, 2.24) is 0 Å². The quantitative estimate of drug-likeness (QED) is 0.199. The summed E-state index contributed by atoms with van der Waals surface area (Å²) < 4.78 is 0. The van der Waals surface area contributed by atoms with Gasteiger partial charge in [-0.25, -0.2) is 0 Å². The van der Waals surface area contributed by atoms with Gasteiger partial charge in [0.15, 0.2) is 0 Å². The van der Waals surface area contributed by atoms with Gasteiger partial charge < -0.3 is 6.92 Å². The van der Waals surface area contributed by atoms with Crippen molar-refractivity contribution in [3.8, 4) is 0 Å². The molecule has 0 amide bonds. The molecule has 2 heteroatoms. The van der Waals surface area contributed by atoms with Gasteiger partial charge in [0.2, 0.25) is 0 Å². The van der Waals surface area contributed by atoms with Crippen LogP contribution in [0.2, 0.25) is 0 Å². The first-order valence-electron chi connectivity index (χ1n) is 9.36. The van der Waals surface area contributed by atoms with E-state index in [0.717, 1.165) is 0 Å². The molecule has 0 spiro atoms. The number of hydrogen-bond acceptors (Lipinski definition) is 0. The van der Waals surface area contributed by atoms with Gasteiger partial charge in [-0.1, -0.05) is 28.1 Å². The van der Waals surface area contributed by atoms with E-state index < -0.39 is 0 Å². The van der Waals surface area contributed by atoms with Gasteiger partial charge in [0.05, 0.1) is 0 Å². The normalized spacial score (nSPS) is 8.90. The maximum absolute atomic E-state index is 3.25. The molecule has 0 nitrogen and oxygen atoms in total. The average Bonchev–Trinajstić information content (AvgIpc) is 3.46. The fourth-order valence-corrected chi connectivity index (χ4v) is 2.93. The van der Waals surface area contributed by atoms with Crippen LogP contribution in [0.3, 0.4) is 0 Å². The molecular weight excluding hydrogens is 444 g/mol. The molecule has 0 saturated heterocycles. The maximum Gasteiger partial charge on any atom is 4.00 e. The molecule has 0 atom stereocenters. The van der Waals surface area contributed by atoms with E-state index in [0.29, 0.717) is 0 Å². The van der Waals surface area contributed by atoms with E-state index in [1.54, 1.807) is 16.8 Å². The van der Waals surface area contributed by atoms with Crippen molar-refractivity contribution in [3.63, 3.8) is 0 Å². The minimum Gasteiger partial charge on any atom is -0.346 e. The Morgan fingerprint density at radius 1 is 0.621 bits per heavy atom. The molecule has 0 aliphatic heterocycles. The molecule has 0 aliphatic rings. The Kier molecular flexibility index (Phi) is 12.7. The zero-order valence-corrected chi connectivity index (χ0v) is 20.8. The van der Waals surface area contributed by atoms with Crippen LogP contribution in [-0.4, -0.2) is 15.5 Å². The van der Waals surface area contributed by atoms with Crippen LogP contribution in [0.1, 0.15) is 12.5 Å². The van der Waals surface area contributed by atoms with Crippen molar-refractivity contribution >= 4 is 37.1 Å². The van der Waals surface area contributed by atoms with E-state index in [4.69, 9.17) is 0 Å². The summed E-state index contributed by atoms with van der Waals surface area (Å²) in [5, 5.41) is 5.32. The van der Waals surface area contributed by atoms with Gasteiger partial charge in [-0.15, -0.1) is 71.4 Å². The van der Waals surface area contributed by atoms with Crippen molar-refractivity contribution < 1.29 is 26.2 Å². The van der Waals surface area contributed by atoms with Crippen LogP contribution in [0.5, 0.6) is 0 Å². The topological polar surface area (TPSA) is 0 Å². The summed E-state index contributed by atoms with van der Waals surface area (Å²) in [7, 11) is 1.73. The standard InChI is InChI=1S/2C9H7.C7H7Si.C2H5.Zr/c2*1-2-5-9-7-3-6-8(9)4-1;8-6-7-4-2-1-3-5-7;1-2;/h2*1-7H;1-5H,8H2;1H2,2H3;/q4*-1;+4. The van der Waals surface area contributed by atoms with Crippen LogP contribution in [0.4, 0.5) is 0 Å². The first-order chi connectivity index (χ1) is 13.9. The summed E-state index contributed by atoms with van der Waals surface area (Å²) in [6.07, 6.45) is 0. The van der Waals surface area contributed by atoms with Crippen LogP contribution >= 0.6 is 0 Å². The molecule has 0 bridgehead atoms. The van der Waals surface area contributed by atoms with E-state index in [1.807, 2.05) is 30.3 Å². The molecule has 0 aliphatic carbocycles. The molecule has 29 heavy (non-hydrogen) atoms. The van der Waals surface area contributed by atoms with Crippen molar-refractivity contribution in [2.24, 2.45) is 0 Å². The van der Waals surface area contributed by atoms with Crippen LogP contribution in [-0.2, 0) is 26.2 Å². The van der Waals surface area contributed by atoms with Gasteiger partial charge in [-0.3, -0.25) is 0 Å². The van der Waals surface area contributed by atoms with Gasteiger partial charge in [0.25, 0.3) is 0 Å². The molecule has 0 unspecified atom stereocenters. The number of hydrogen-bond donors (Lipinski definition) is 0. The Morgan fingerprint density at radius 3 is 1.41 bits per heavy atom. The van der Waals surface area contributed by atoms with Crippen LogP contribution in [0.15, 0.2) is 115 Å². The summed E-state index contributed by atoms with van der Waals surface area (Å²) in [6, 6.07) is 39.4. The summed E-state index contributed by atoms with van der Waals surface area (Å²) in [4.78, 5) is 0. The van der Waals surface area contributed by atoms with E-state index >= 15 is 0 Å². The van der Waals surface area contributed by atoms with Gasteiger partial charge in [-0.2, -0.15) is 65.3 Å². The third-order valence-electron chi connectivity index (χ3n) is 4.07. The fraction of sp³-hybridized carbons (Fsp3) is 0.0370. The Morgan fingerprint density at radius 2 is 1.03 bits per heavy atom. The van der Waals surface area contributed by atoms with E-state index in [1.165, 1.54) is 27.1 Å². The molecule has 0 fully saturated rings. The average molecular weight is 470 g/mol. The predicted molar refractivity (Wildman–Crippen MR) is 129 cm³/mol. The SMILES string of the molecule is [CH2-]C.[SiH2]=[C-]c1ccccc1.[Zr+4].c1ccc2[cH-]ccc2c1.c1ccc2[cH-]ccc2c1. The minimum atomic E-state index is 0. The third kappa shape index (κ3) is 8.40. The molecule has 0 heterocycles. The number of rotatable bonds is 1. The zero-order valence-electron chi connectivity index (χ0n) is 16.9. The van der Waals surface area contributed by atoms with Gasteiger partial charge in [-0.05, 0) is 0 Å². The summed E-state index contributed by atoms with van der Waals surface area (Å²) >= 11 is 0. The Hall–Kier alpha value is -2.15. The predicted octanol–water partition coefficient (Wildman–Crippen LogP) is 6.30. The smallest absolute Gasteiger partial charge is 0.346 e. The summed E-state index contributed by atoms with van der Waals surface area (Å²) in [5.74, 6) is 0. The molecule has 0 N–H and O–H groups in total. The van der Waals surface area contributed by atoms with Gasteiger partial charge >= 0.3 is 26.2 Å². The monoisotopic (exact) mass is 468 g/mol. The molecule has 5 aromatic rings. The summed E-state index contributed by atoms with van der Waals surface area (Å²) in [6.45, 7) is 5.00. The molecule has 5 rings (SSSR count). The van der Waals surface area contributed by atoms with Crippen molar-refractivity contribution in [2.45, 2.75) is 6.92 Å². The Bertz CT molecular complexity index is 931. The van der Waals surface area contributed by atoms with Gasteiger partial charge in [0.1, 0.15) is 0 Å². The van der Waals surface area contributed by atoms with E-state index in [9.17, 15) is 0 Å². The maximum atomic E-state index is 3.25. The molecule has 0 radical (unpaired) electrons. The van der Waals surface area contributed by atoms with E-state index in [-0.39, 0.29) is 26.2 Å². The molecule has 142 valence electrons. The van der Waals surface area contributed by atoms with Crippen molar-refractivity contribution in [3.05, 3.63) is 128 Å². The van der Waals surface area contributed by atoms with Crippen LogP contribution < -0.4 is 0 Å². The van der Waals surface area contributed by atoms with Crippen molar-refractivity contribution in [2.75, 3.05) is 0 Å².